The van der Waals surface area contributed by atoms with Crippen LogP contribution in [0.2, 0.25) is 5.02 Å². The molecule has 2 N–H and O–H groups in total. The van der Waals surface area contributed by atoms with E-state index in [1.54, 1.807) is 36.0 Å². The van der Waals surface area contributed by atoms with E-state index in [9.17, 15) is 9.59 Å². The van der Waals surface area contributed by atoms with Crippen molar-refractivity contribution in [3.05, 3.63) is 51.4 Å². The van der Waals surface area contributed by atoms with Gasteiger partial charge in [-0.05, 0) is 66.0 Å². The lowest BCUT2D eigenvalue weighted by molar-refractivity contribution is -0.112. The lowest BCUT2D eigenvalue weighted by atomic mass is 9.98. The predicted molar refractivity (Wildman–Crippen MR) is 98.8 cm³/mol. The zero-order valence-electron chi connectivity index (χ0n) is 13.0. The van der Waals surface area contributed by atoms with Crippen LogP contribution in [0.25, 0.3) is 0 Å². The molecule has 0 saturated carbocycles. The van der Waals surface area contributed by atoms with Crippen molar-refractivity contribution in [1.82, 2.24) is 0 Å². The van der Waals surface area contributed by atoms with Gasteiger partial charge in [0.2, 0.25) is 5.91 Å². The highest BCUT2D eigenvalue weighted by molar-refractivity contribution is 8.04. The van der Waals surface area contributed by atoms with Crippen LogP contribution in [0.3, 0.4) is 0 Å². The fraction of sp³-hybridized carbons (Fsp3) is 0.278. The van der Waals surface area contributed by atoms with Crippen molar-refractivity contribution < 1.29 is 9.59 Å². The molecule has 0 aromatic heterocycles. The van der Waals surface area contributed by atoms with Crippen LogP contribution in [0.1, 0.15) is 25.7 Å². The Morgan fingerprint density at radius 3 is 2.75 bits per heavy atom. The van der Waals surface area contributed by atoms with Crippen molar-refractivity contribution >= 4 is 47.0 Å². The SMILES string of the molecule is N=C1C2=C(CCC/C1=C/C(=O)Nc1ccc(Cl)cc1)S[C@@H](C=O)C2. The number of aldehydes is 1. The van der Waals surface area contributed by atoms with Crippen LogP contribution in [0, 0.1) is 5.41 Å². The zero-order valence-corrected chi connectivity index (χ0v) is 14.5. The molecular formula is C18H17ClN2O2S. The molecule has 2 aliphatic rings. The minimum Gasteiger partial charge on any atom is -0.323 e. The number of carbonyl (C=O) groups excluding carboxylic acids is 2. The van der Waals surface area contributed by atoms with Crippen LogP contribution >= 0.6 is 23.4 Å². The van der Waals surface area contributed by atoms with Crippen molar-refractivity contribution in [3.8, 4) is 0 Å². The van der Waals surface area contributed by atoms with Crippen molar-refractivity contribution in [2.75, 3.05) is 5.32 Å². The molecule has 0 spiro atoms. The maximum Gasteiger partial charge on any atom is 0.248 e. The summed E-state index contributed by atoms with van der Waals surface area (Å²) in [7, 11) is 0. The molecule has 1 aromatic rings. The van der Waals surface area contributed by atoms with Crippen LogP contribution < -0.4 is 5.32 Å². The van der Waals surface area contributed by atoms with E-state index in [-0.39, 0.29) is 11.2 Å². The second-order valence-electron chi connectivity index (χ2n) is 5.79. The molecule has 0 unspecified atom stereocenters. The number of halogens is 1. The maximum absolute atomic E-state index is 12.2. The summed E-state index contributed by atoms with van der Waals surface area (Å²) < 4.78 is 0. The van der Waals surface area contributed by atoms with Gasteiger partial charge >= 0.3 is 0 Å². The lowest BCUT2D eigenvalue weighted by Gasteiger charge is -2.09. The summed E-state index contributed by atoms with van der Waals surface area (Å²) in [4.78, 5) is 24.4. The quantitative estimate of drug-likeness (QED) is 0.621. The van der Waals surface area contributed by atoms with E-state index in [1.165, 1.54) is 6.08 Å². The summed E-state index contributed by atoms with van der Waals surface area (Å²) in [5.74, 6) is -0.251. The number of carbonyl (C=O) groups is 2. The number of thioether (sulfide) groups is 1. The Kier molecular flexibility index (Phi) is 5.21. The fourth-order valence-electron chi connectivity index (χ4n) is 2.91. The first-order valence-electron chi connectivity index (χ1n) is 7.77. The lowest BCUT2D eigenvalue weighted by Crippen LogP contribution is -2.13. The molecule has 0 radical (unpaired) electrons. The monoisotopic (exact) mass is 360 g/mol. The normalized spacial score (nSPS) is 22.3. The summed E-state index contributed by atoms with van der Waals surface area (Å²) in [6.07, 6.45) is 5.52. The second kappa shape index (κ2) is 7.36. The van der Waals surface area contributed by atoms with Gasteiger partial charge in [0.05, 0.1) is 11.0 Å². The molecule has 3 rings (SSSR count). The van der Waals surface area contributed by atoms with Gasteiger partial charge in [-0.25, -0.2) is 0 Å². The summed E-state index contributed by atoms with van der Waals surface area (Å²) in [6, 6.07) is 6.90. The van der Waals surface area contributed by atoms with Crippen molar-refractivity contribution in [2.45, 2.75) is 30.9 Å². The number of hydrogen-bond acceptors (Lipinski definition) is 4. The van der Waals surface area contributed by atoms with Crippen LogP contribution in [0.4, 0.5) is 5.69 Å². The van der Waals surface area contributed by atoms with Crippen molar-refractivity contribution in [3.63, 3.8) is 0 Å². The van der Waals surface area contributed by atoms with Gasteiger partial charge in [0, 0.05) is 16.8 Å². The molecule has 6 heteroatoms. The highest BCUT2D eigenvalue weighted by Gasteiger charge is 2.30. The van der Waals surface area contributed by atoms with Gasteiger partial charge in [0.15, 0.2) is 0 Å². The van der Waals surface area contributed by atoms with E-state index in [1.807, 2.05) is 0 Å². The number of hydrogen-bond donors (Lipinski definition) is 2. The molecule has 24 heavy (non-hydrogen) atoms. The molecule has 1 amide bonds. The van der Waals surface area contributed by atoms with Gasteiger partial charge in [-0.3, -0.25) is 4.79 Å². The molecule has 0 fully saturated rings. The summed E-state index contributed by atoms with van der Waals surface area (Å²) in [6.45, 7) is 0. The average Bonchev–Trinajstić information content (AvgIpc) is 2.93. The van der Waals surface area contributed by atoms with Crippen LogP contribution in [0.15, 0.2) is 46.4 Å². The van der Waals surface area contributed by atoms with E-state index in [0.29, 0.717) is 29.3 Å². The Hall–Kier alpha value is -1.85. The smallest absolute Gasteiger partial charge is 0.248 e. The Morgan fingerprint density at radius 2 is 2.04 bits per heavy atom. The Bertz CT molecular complexity index is 753. The largest absolute Gasteiger partial charge is 0.323 e. The summed E-state index contributed by atoms with van der Waals surface area (Å²) in [5.41, 5.74) is 2.74. The Balaban J connectivity index is 1.74. The number of anilines is 1. The van der Waals surface area contributed by atoms with Crippen LogP contribution in [0.5, 0.6) is 0 Å². The molecule has 4 nitrogen and oxygen atoms in total. The molecule has 124 valence electrons. The third-order valence-electron chi connectivity index (χ3n) is 4.08. The van der Waals surface area contributed by atoms with Crippen molar-refractivity contribution in [2.24, 2.45) is 0 Å². The minimum atomic E-state index is -0.251. The molecule has 1 atom stereocenters. The third-order valence-corrected chi connectivity index (χ3v) is 5.64. The van der Waals surface area contributed by atoms with Gasteiger partial charge in [-0.15, -0.1) is 11.8 Å². The van der Waals surface area contributed by atoms with Gasteiger partial charge in [-0.2, -0.15) is 0 Å². The zero-order chi connectivity index (χ0) is 17.1. The Morgan fingerprint density at radius 1 is 1.29 bits per heavy atom. The van der Waals surface area contributed by atoms with Gasteiger partial charge in [0.1, 0.15) is 6.29 Å². The third kappa shape index (κ3) is 3.79. The highest BCUT2D eigenvalue weighted by atomic mass is 35.5. The van der Waals surface area contributed by atoms with E-state index < -0.39 is 0 Å². The molecular weight excluding hydrogens is 344 g/mol. The van der Waals surface area contributed by atoms with E-state index in [2.05, 4.69) is 5.32 Å². The highest BCUT2D eigenvalue weighted by Crippen LogP contribution is 2.43. The number of allylic oxidation sites excluding steroid dienone is 3. The number of benzene rings is 1. The fourth-order valence-corrected chi connectivity index (χ4v) is 4.30. The van der Waals surface area contributed by atoms with E-state index in [4.69, 9.17) is 17.0 Å². The Labute approximate surface area is 149 Å². The molecule has 1 aliphatic carbocycles. The minimum absolute atomic E-state index is 0.0856. The molecule has 1 aliphatic heterocycles. The van der Waals surface area contributed by atoms with Crippen LogP contribution in [-0.4, -0.2) is 23.2 Å². The topological polar surface area (TPSA) is 70.0 Å². The first kappa shape index (κ1) is 17.0. The standard InChI is InChI=1S/C18H17ClN2O2S/c19-12-4-6-13(7-5-12)21-17(23)8-11-2-1-3-16-15(18(11)20)9-14(10-22)24-16/h4-8,10,14,20H,1-3,9H2,(H,21,23)/b11-8-,20-18?/t14-/m1/s1. The molecule has 0 saturated heterocycles. The van der Waals surface area contributed by atoms with Gasteiger partial charge in [0.25, 0.3) is 0 Å². The molecule has 1 heterocycles. The van der Waals surface area contributed by atoms with E-state index >= 15 is 0 Å². The average molecular weight is 361 g/mol. The molecule has 1 aromatic carbocycles. The van der Waals surface area contributed by atoms with E-state index in [0.717, 1.165) is 35.2 Å². The second-order valence-corrected chi connectivity index (χ2v) is 7.56. The van der Waals surface area contributed by atoms with Gasteiger partial charge < -0.3 is 15.5 Å². The number of rotatable bonds is 3. The first-order chi connectivity index (χ1) is 11.6. The molecule has 0 bridgehead atoms. The first-order valence-corrected chi connectivity index (χ1v) is 9.03. The summed E-state index contributed by atoms with van der Waals surface area (Å²) in [5, 5.41) is 11.7. The van der Waals surface area contributed by atoms with Gasteiger partial charge in [-0.1, -0.05) is 11.6 Å². The maximum atomic E-state index is 12.2. The predicted octanol–water partition coefficient (Wildman–Crippen LogP) is 4.37. The summed E-state index contributed by atoms with van der Waals surface area (Å²) >= 11 is 7.40. The number of nitrogens with one attached hydrogen (secondary N) is 2. The van der Waals surface area contributed by atoms with Crippen molar-refractivity contribution in [1.29, 1.82) is 5.41 Å². The van der Waals surface area contributed by atoms with Crippen LogP contribution in [-0.2, 0) is 9.59 Å². The number of amides is 1.